The number of pyridine rings is 1. The number of hydrogen-bond donors (Lipinski definition) is 0. The molecule has 0 aliphatic heterocycles. The van der Waals surface area contributed by atoms with Gasteiger partial charge in [-0.15, -0.1) is 0 Å². The van der Waals surface area contributed by atoms with Crippen molar-refractivity contribution in [1.29, 1.82) is 0 Å². The number of imidazole rings is 1. The molecular formula is C15H13N3O. The third-order valence-electron chi connectivity index (χ3n) is 3.11. The summed E-state index contributed by atoms with van der Waals surface area (Å²) in [5, 5.41) is 0. The van der Waals surface area contributed by atoms with Gasteiger partial charge in [-0.25, -0.2) is 4.98 Å². The van der Waals surface area contributed by atoms with E-state index in [4.69, 9.17) is 0 Å². The van der Waals surface area contributed by atoms with Gasteiger partial charge >= 0.3 is 0 Å². The van der Waals surface area contributed by atoms with Crippen molar-refractivity contribution in [2.24, 2.45) is 0 Å². The molecule has 0 unspecified atom stereocenters. The third kappa shape index (κ3) is 2.08. The highest BCUT2D eigenvalue weighted by atomic mass is 16.2. The van der Waals surface area contributed by atoms with E-state index in [2.05, 4.69) is 4.98 Å². The molecule has 0 fully saturated rings. The van der Waals surface area contributed by atoms with Gasteiger partial charge in [-0.05, 0) is 24.3 Å². The van der Waals surface area contributed by atoms with E-state index in [1.807, 2.05) is 47.0 Å². The largest absolute Gasteiger partial charge is 0.311 e. The summed E-state index contributed by atoms with van der Waals surface area (Å²) in [7, 11) is 1.78. The number of hydrogen-bond acceptors (Lipinski definition) is 2. The number of benzene rings is 1. The molecule has 1 amide bonds. The average Bonchev–Trinajstić information content (AvgIpc) is 2.94. The van der Waals surface area contributed by atoms with Crippen LogP contribution < -0.4 is 4.90 Å². The van der Waals surface area contributed by atoms with Gasteiger partial charge in [0.15, 0.2) is 0 Å². The minimum Gasteiger partial charge on any atom is -0.311 e. The Hall–Kier alpha value is -2.62. The van der Waals surface area contributed by atoms with E-state index in [9.17, 15) is 4.79 Å². The molecule has 0 saturated heterocycles. The SMILES string of the molecule is CN(C(=O)c1ccn2cncc2c1)c1ccccc1. The van der Waals surface area contributed by atoms with Gasteiger partial charge in [0.2, 0.25) is 0 Å². The molecule has 0 aliphatic carbocycles. The molecule has 0 radical (unpaired) electrons. The molecule has 0 saturated carbocycles. The molecule has 0 bridgehead atoms. The van der Waals surface area contributed by atoms with Crippen molar-refractivity contribution < 1.29 is 4.79 Å². The first-order valence-corrected chi connectivity index (χ1v) is 6.00. The first-order chi connectivity index (χ1) is 9.25. The van der Waals surface area contributed by atoms with Gasteiger partial charge in [0.25, 0.3) is 5.91 Å². The van der Waals surface area contributed by atoms with Crippen LogP contribution in [0.15, 0.2) is 61.2 Å². The van der Waals surface area contributed by atoms with Crippen LogP contribution in [0, 0.1) is 0 Å². The summed E-state index contributed by atoms with van der Waals surface area (Å²) >= 11 is 0. The normalized spacial score (nSPS) is 10.6. The fraction of sp³-hybridized carbons (Fsp3) is 0.0667. The third-order valence-corrected chi connectivity index (χ3v) is 3.11. The van der Waals surface area contributed by atoms with Crippen molar-refractivity contribution in [3.8, 4) is 0 Å². The number of anilines is 1. The van der Waals surface area contributed by atoms with Gasteiger partial charge < -0.3 is 9.30 Å². The second-order valence-electron chi connectivity index (χ2n) is 4.34. The van der Waals surface area contributed by atoms with Crippen LogP contribution in [0.4, 0.5) is 5.69 Å². The average molecular weight is 251 g/mol. The molecule has 2 aromatic heterocycles. The number of amides is 1. The minimum absolute atomic E-state index is 0.0325. The van der Waals surface area contributed by atoms with Crippen molar-refractivity contribution in [2.75, 3.05) is 11.9 Å². The van der Waals surface area contributed by atoms with E-state index in [1.54, 1.807) is 30.5 Å². The first-order valence-electron chi connectivity index (χ1n) is 6.00. The predicted octanol–water partition coefficient (Wildman–Crippen LogP) is 2.61. The van der Waals surface area contributed by atoms with Crippen LogP contribution in [0.2, 0.25) is 0 Å². The Morgan fingerprint density at radius 3 is 2.79 bits per heavy atom. The molecule has 3 aromatic rings. The van der Waals surface area contributed by atoms with E-state index >= 15 is 0 Å². The molecule has 4 heteroatoms. The van der Waals surface area contributed by atoms with Crippen molar-refractivity contribution in [3.63, 3.8) is 0 Å². The first kappa shape index (κ1) is 11.5. The fourth-order valence-electron chi connectivity index (χ4n) is 2.01. The number of rotatable bonds is 2. The van der Waals surface area contributed by atoms with Gasteiger partial charge in [-0.2, -0.15) is 0 Å². The number of carbonyl (C=O) groups is 1. The Bertz CT molecular complexity index is 718. The molecule has 4 nitrogen and oxygen atoms in total. The molecule has 94 valence electrons. The van der Waals surface area contributed by atoms with Gasteiger partial charge in [-0.3, -0.25) is 4.79 Å². The van der Waals surface area contributed by atoms with Crippen LogP contribution >= 0.6 is 0 Å². The maximum Gasteiger partial charge on any atom is 0.258 e. The minimum atomic E-state index is -0.0325. The number of nitrogens with zero attached hydrogens (tertiary/aromatic N) is 3. The molecule has 19 heavy (non-hydrogen) atoms. The lowest BCUT2D eigenvalue weighted by atomic mass is 10.2. The van der Waals surface area contributed by atoms with Crippen molar-refractivity contribution in [2.45, 2.75) is 0 Å². The number of para-hydroxylation sites is 1. The summed E-state index contributed by atoms with van der Waals surface area (Å²) in [6, 6.07) is 13.2. The monoisotopic (exact) mass is 251 g/mol. The zero-order valence-corrected chi connectivity index (χ0v) is 10.5. The maximum absolute atomic E-state index is 12.4. The number of fused-ring (bicyclic) bond motifs is 1. The fourth-order valence-corrected chi connectivity index (χ4v) is 2.01. The lowest BCUT2D eigenvalue weighted by Crippen LogP contribution is -2.26. The van der Waals surface area contributed by atoms with Crippen LogP contribution in [0.5, 0.6) is 0 Å². The summed E-state index contributed by atoms with van der Waals surface area (Å²) in [5.41, 5.74) is 2.44. The summed E-state index contributed by atoms with van der Waals surface area (Å²) in [6.45, 7) is 0. The Kier molecular flexibility index (Phi) is 2.76. The van der Waals surface area contributed by atoms with E-state index < -0.39 is 0 Å². The Morgan fingerprint density at radius 1 is 1.21 bits per heavy atom. The Balaban J connectivity index is 1.95. The smallest absolute Gasteiger partial charge is 0.258 e. The van der Waals surface area contributed by atoms with Crippen LogP contribution in [-0.2, 0) is 0 Å². The van der Waals surface area contributed by atoms with E-state index in [0.717, 1.165) is 11.2 Å². The zero-order valence-electron chi connectivity index (χ0n) is 10.5. The van der Waals surface area contributed by atoms with Crippen LogP contribution in [-0.4, -0.2) is 22.3 Å². The predicted molar refractivity (Wildman–Crippen MR) is 74.4 cm³/mol. The molecule has 0 N–H and O–H groups in total. The highest BCUT2D eigenvalue weighted by Crippen LogP contribution is 2.15. The van der Waals surface area contributed by atoms with E-state index in [-0.39, 0.29) is 5.91 Å². The Morgan fingerprint density at radius 2 is 2.00 bits per heavy atom. The van der Waals surface area contributed by atoms with Crippen LogP contribution in [0.25, 0.3) is 5.52 Å². The van der Waals surface area contributed by atoms with E-state index in [0.29, 0.717) is 5.56 Å². The summed E-state index contributed by atoms with van der Waals surface area (Å²) < 4.78 is 1.87. The summed E-state index contributed by atoms with van der Waals surface area (Å²) in [6.07, 6.45) is 5.29. The summed E-state index contributed by atoms with van der Waals surface area (Å²) in [4.78, 5) is 18.1. The second-order valence-corrected chi connectivity index (χ2v) is 4.34. The highest BCUT2D eigenvalue weighted by molar-refractivity contribution is 6.06. The summed E-state index contributed by atoms with van der Waals surface area (Å²) in [5.74, 6) is -0.0325. The second kappa shape index (κ2) is 4.57. The molecule has 2 heterocycles. The van der Waals surface area contributed by atoms with Crippen molar-refractivity contribution in [3.05, 3.63) is 66.7 Å². The van der Waals surface area contributed by atoms with Crippen LogP contribution in [0.1, 0.15) is 10.4 Å². The maximum atomic E-state index is 12.4. The highest BCUT2D eigenvalue weighted by Gasteiger charge is 2.13. The van der Waals surface area contributed by atoms with Gasteiger partial charge in [-0.1, -0.05) is 18.2 Å². The Labute approximate surface area is 110 Å². The topological polar surface area (TPSA) is 37.6 Å². The molecule has 1 aromatic carbocycles. The number of carbonyl (C=O) groups excluding carboxylic acids is 1. The molecule has 3 rings (SSSR count). The van der Waals surface area contributed by atoms with Gasteiger partial charge in [0, 0.05) is 24.5 Å². The van der Waals surface area contributed by atoms with E-state index in [1.165, 1.54) is 0 Å². The molecule has 0 aliphatic rings. The quantitative estimate of drug-likeness (QED) is 0.702. The van der Waals surface area contributed by atoms with Gasteiger partial charge in [0.1, 0.15) is 0 Å². The molecular weight excluding hydrogens is 238 g/mol. The lowest BCUT2D eigenvalue weighted by Gasteiger charge is -2.17. The van der Waals surface area contributed by atoms with Crippen LogP contribution in [0.3, 0.4) is 0 Å². The molecule has 0 spiro atoms. The van der Waals surface area contributed by atoms with Gasteiger partial charge in [0.05, 0.1) is 18.0 Å². The lowest BCUT2D eigenvalue weighted by molar-refractivity contribution is 0.0993. The van der Waals surface area contributed by atoms with Crippen molar-refractivity contribution >= 4 is 17.1 Å². The van der Waals surface area contributed by atoms with Crippen molar-refractivity contribution in [1.82, 2.24) is 9.38 Å². The molecule has 0 atom stereocenters. The standard InChI is InChI=1S/C15H13N3O/c1-17(13-5-3-2-4-6-13)15(19)12-7-8-18-11-16-10-14(18)9-12/h2-11H,1H3. The number of aromatic nitrogens is 2. The zero-order chi connectivity index (χ0) is 13.2.